The van der Waals surface area contributed by atoms with Gasteiger partial charge in [-0.25, -0.2) is 0 Å². The van der Waals surface area contributed by atoms with Crippen molar-refractivity contribution in [2.24, 2.45) is 0 Å². The summed E-state index contributed by atoms with van der Waals surface area (Å²) in [4.78, 5) is 0. The summed E-state index contributed by atoms with van der Waals surface area (Å²) in [5.41, 5.74) is 0.821. The van der Waals surface area contributed by atoms with Gasteiger partial charge in [-0.3, -0.25) is 0 Å². The third-order valence-electron chi connectivity index (χ3n) is 1.70. The lowest BCUT2D eigenvalue weighted by molar-refractivity contribution is -0.196. The summed E-state index contributed by atoms with van der Waals surface area (Å²) in [5.74, 6) is 0. The molecular formula is C10H14O3. The number of aliphatic hydroxyl groups excluding tert-OH is 1. The molecule has 72 valence electrons. The van der Waals surface area contributed by atoms with Crippen LogP contribution in [0.4, 0.5) is 0 Å². The largest absolute Gasteiger partial charge is 0.388 e. The maximum Gasteiger partial charge on any atom is 0.184 e. The van der Waals surface area contributed by atoms with Crippen molar-refractivity contribution < 1.29 is 14.6 Å². The van der Waals surface area contributed by atoms with Gasteiger partial charge in [0.15, 0.2) is 6.29 Å². The van der Waals surface area contributed by atoms with E-state index in [1.54, 1.807) is 18.2 Å². The average Bonchev–Trinajstić information content (AvgIpc) is 2.16. The van der Waals surface area contributed by atoms with E-state index >= 15 is 0 Å². The molecule has 1 N–H and O–H groups in total. The summed E-state index contributed by atoms with van der Waals surface area (Å²) < 4.78 is 10.5. The first-order valence-electron chi connectivity index (χ1n) is 4.14. The van der Waals surface area contributed by atoms with Crippen LogP contribution in [0.25, 0.3) is 0 Å². The standard InChI is InChI=1S/C10H14O3/c1-3-5-8(4-2)10-12-6-9(11)7-13-10/h3-5,9-11H,1-2,6-7H2/b8-5+. The molecule has 0 amide bonds. The summed E-state index contributed by atoms with van der Waals surface area (Å²) >= 11 is 0. The highest BCUT2D eigenvalue weighted by Gasteiger charge is 2.21. The van der Waals surface area contributed by atoms with Crippen LogP contribution in [-0.4, -0.2) is 30.7 Å². The van der Waals surface area contributed by atoms with Gasteiger partial charge in [-0.05, 0) is 0 Å². The van der Waals surface area contributed by atoms with Crippen molar-refractivity contribution in [2.75, 3.05) is 13.2 Å². The molecule has 0 unspecified atom stereocenters. The predicted octanol–water partition coefficient (Wildman–Crippen LogP) is 1.02. The minimum atomic E-state index is -0.522. The van der Waals surface area contributed by atoms with Crippen LogP contribution < -0.4 is 0 Å². The third-order valence-corrected chi connectivity index (χ3v) is 1.70. The Kier molecular flexibility index (Phi) is 3.89. The zero-order chi connectivity index (χ0) is 9.68. The van der Waals surface area contributed by atoms with E-state index in [1.165, 1.54) is 0 Å². The molecule has 1 aliphatic heterocycles. The molecule has 1 heterocycles. The number of aliphatic hydroxyl groups is 1. The molecule has 0 aromatic carbocycles. The Balaban J connectivity index is 2.56. The fourth-order valence-electron chi connectivity index (χ4n) is 1.06. The molecule has 0 spiro atoms. The van der Waals surface area contributed by atoms with Crippen molar-refractivity contribution in [3.05, 3.63) is 37.0 Å². The van der Waals surface area contributed by atoms with Gasteiger partial charge in [0, 0.05) is 5.57 Å². The Morgan fingerprint density at radius 2 is 1.92 bits per heavy atom. The van der Waals surface area contributed by atoms with E-state index in [2.05, 4.69) is 13.2 Å². The maximum atomic E-state index is 9.10. The van der Waals surface area contributed by atoms with Gasteiger partial charge in [0.1, 0.15) is 6.10 Å². The monoisotopic (exact) mass is 182 g/mol. The fraction of sp³-hybridized carbons (Fsp3) is 0.400. The van der Waals surface area contributed by atoms with Gasteiger partial charge < -0.3 is 14.6 Å². The number of hydrogen-bond donors (Lipinski definition) is 1. The summed E-state index contributed by atoms with van der Waals surface area (Å²) in [6.45, 7) is 7.81. The quantitative estimate of drug-likeness (QED) is 0.662. The van der Waals surface area contributed by atoms with Gasteiger partial charge in [-0.2, -0.15) is 0 Å². The van der Waals surface area contributed by atoms with Gasteiger partial charge in [-0.15, -0.1) is 0 Å². The van der Waals surface area contributed by atoms with E-state index in [4.69, 9.17) is 14.6 Å². The van der Waals surface area contributed by atoms with Crippen molar-refractivity contribution >= 4 is 0 Å². The van der Waals surface area contributed by atoms with Crippen LogP contribution >= 0.6 is 0 Å². The normalized spacial score (nSPS) is 29.8. The minimum Gasteiger partial charge on any atom is -0.388 e. The van der Waals surface area contributed by atoms with Gasteiger partial charge in [0.25, 0.3) is 0 Å². The second-order valence-electron chi connectivity index (χ2n) is 2.76. The summed E-state index contributed by atoms with van der Waals surface area (Å²) in [7, 11) is 0. The van der Waals surface area contributed by atoms with Crippen LogP contribution in [0.1, 0.15) is 0 Å². The first-order valence-corrected chi connectivity index (χ1v) is 4.14. The van der Waals surface area contributed by atoms with Gasteiger partial charge in [0.2, 0.25) is 0 Å². The first-order chi connectivity index (χ1) is 6.27. The van der Waals surface area contributed by atoms with Crippen molar-refractivity contribution in [1.29, 1.82) is 0 Å². The lowest BCUT2D eigenvalue weighted by atomic mass is 10.2. The van der Waals surface area contributed by atoms with Crippen LogP contribution in [0.3, 0.4) is 0 Å². The molecule has 0 aromatic heterocycles. The second kappa shape index (κ2) is 4.97. The fourth-order valence-corrected chi connectivity index (χ4v) is 1.06. The Hall–Kier alpha value is -0.900. The molecule has 1 aliphatic rings. The highest BCUT2D eigenvalue weighted by molar-refractivity contribution is 5.23. The molecule has 0 bridgehead atoms. The van der Waals surface area contributed by atoms with Crippen LogP contribution in [0, 0.1) is 0 Å². The summed E-state index contributed by atoms with van der Waals surface area (Å²) in [6, 6.07) is 0. The second-order valence-corrected chi connectivity index (χ2v) is 2.76. The zero-order valence-corrected chi connectivity index (χ0v) is 7.48. The highest BCUT2D eigenvalue weighted by Crippen LogP contribution is 2.14. The average molecular weight is 182 g/mol. The maximum absolute atomic E-state index is 9.10. The molecule has 0 saturated carbocycles. The molecule has 0 aliphatic carbocycles. The van der Waals surface area contributed by atoms with Gasteiger partial charge in [0.05, 0.1) is 13.2 Å². The van der Waals surface area contributed by atoms with Crippen LogP contribution in [0.15, 0.2) is 37.0 Å². The molecular weight excluding hydrogens is 168 g/mol. The number of rotatable bonds is 3. The lowest BCUT2D eigenvalue weighted by Crippen LogP contribution is -2.36. The highest BCUT2D eigenvalue weighted by atomic mass is 16.7. The molecule has 3 nitrogen and oxygen atoms in total. The number of ether oxygens (including phenoxy) is 2. The molecule has 3 heteroatoms. The topological polar surface area (TPSA) is 38.7 Å². The van der Waals surface area contributed by atoms with Crippen molar-refractivity contribution in [2.45, 2.75) is 12.4 Å². The molecule has 1 fully saturated rings. The van der Waals surface area contributed by atoms with Crippen molar-refractivity contribution in [1.82, 2.24) is 0 Å². The lowest BCUT2D eigenvalue weighted by Gasteiger charge is -2.27. The summed E-state index contributed by atoms with van der Waals surface area (Å²) in [6.07, 6.45) is 4.14. The predicted molar refractivity (Wildman–Crippen MR) is 50.2 cm³/mol. The molecule has 0 radical (unpaired) electrons. The van der Waals surface area contributed by atoms with Gasteiger partial charge in [-0.1, -0.05) is 31.4 Å². The molecule has 0 atom stereocenters. The minimum absolute atomic E-state index is 0.299. The Morgan fingerprint density at radius 1 is 1.31 bits per heavy atom. The Bertz CT molecular complexity index is 212. The van der Waals surface area contributed by atoms with Crippen LogP contribution in [0.5, 0.6) is 0 Å². The molecule has 13 heavy (non-hydrogen) atoms. The SMILES string of the molecule is C=C/C=C(\C=C)C1OCC(O)CO1. The molecule has 0 aromatic rings. The number of hydrogen-bond acceptors (Lipinski definition) is 3. The zero-order valence-electron chi connectivity index (χ0n) is 7.48. The van der Waals surface area contributed by atoms with Crippen molar-refractivity contribution in [3.63, 3.8) is 0 Å². The molecule has 1 rings (SSSR count). The Labute approximate surface area is 78.0 Å². The van der Waals surface area contributed by atoms with E-state index in [0.29, 0.717) is 13.2 Å². The van der Waals surface area contributed by atoms with Gasteiger partial charge >= 0.3 is 0 Å². The van der Waals surface area contributed by atoms with E-state index in [9.17, 15) is 0 Å². The Morgan fingerprint density at radius 3 is 2.38 bits per heavy atom. The van der Waals surface area contributed by atoms with E-state index in [1.807, 2.05) is 0 Å². The number of allylic oxidation sites excluding steroid dienone is 2. The van der Waals surface area contributed by atoms with Crippen LogP contribution in [-0.2, 0) is 9.47 Å². The smallest absolute Gasteiger partial charge is 0.184 e. The third kappa shape index (κ3) is 2.81. The van der Waals surface area contributed by atoms with Crippen molar-refractivity contribution in [3.8, 4) is 0 Å². The summed E-state index contributed by atoms with van der Waals surface area (Å²) in [5, 5.41) is 9.10. The first kappa shape index (κ1) is 10.2. The van der Waals surface area contributed by atoms with E-state index in [-0.39, 0.29) is 0 Å². The molecule has 1 saturated heterocycles. The van der Waals surface area contributed by atoms with Crippen LogP contribution in [0.2, 0.25) is 0 Å². The van der Waals surface area contributed by atoms with E-state index in [0.717, 1.165) is 5.57 Å². The van der Waals surface area contributed by atoms with E-state index < -0.39 is 12.4 Å².